The van der Waals surface area contributed by atoms with E-state index in [0.717, 1.165) is 0 Å². The minimum Gasteiger partial charge on any atom is -0.487 e. The topological polar surface area (TPSA) is 80.8 Å². The van der Waals surface area contributed by atoms with Crippen molar-refractivity contribution < 1.29 is 19.1 Å². The van der Waals surface area contributed by atoms with Crippen LogP contribution in [0.5, 0.6) is 5.75 Å². The molecule has 2 amide bonds. The van der Waals surface area contributed by atoms with E-state index in [1.165, 1.54) is 4.90 Å². The fraction of sp³-hybridized carbons (Fsp3) is 0.500. The van der Waals surface area contributed by atoms with Gasteiger partial charge in [-0.3, -0.25) is 9.69 Å². The molecule has 2 heterocycles. The molecule has 0 spiro atoms. The van der Waals surface area contributed by atoms with E-state index in [0.29, 0.717) is 11.6 Å². The molecule has 114 valence electrons. The third kappa shape index (κ3) is 3.62. The lowest BCUT2D eigenvalue weighted by atomic mass is 10.2. The SMILES string of the molecule is CN1C(=O)[C@@H](NC(=O)OC(C)(C)C)COc2cccnc21. The first-order valence-corrected chi connectivity index (χ1v) is 6.63. The molecule has 7 heteroatoms. The highest BCUT2D eigenvalue weighted by Crippen LogP contribution is 2.27. The molecular formula is C14H19N3O4. The van der Waals surface area contributed by atoms with Gasteiger partial charge in [-0.2, -0.15) is 0 Å². The number of hydrogen-bond donors (Lipinski definition) is 1. The Morgan fingerprint density at radius 3 is 2.90 bits per heavy atom. The largest absolute Gasteiger partial charge is 0.487 e. The molecule has 1 N–H and O–H groups in total. The first kappa shape index (κ1) is 15.1. The van der Waals surface area contributed by atoms with Crippen molar-refractivity contribution in [2.75, 3.05) is 18.6 Å². The molecule has 2 rings (SSSR count). The predicted octanol–water partition coefficient (Wildman–Crippen LogP) is 1.33. The van der Waals surface area contributed by atoms with Crippen molar-refractivity contribution in [3.63, 3.8) is 0 Å². The van der Waals surface area contributed by atoms with Gasteiger partial charge in [-0.15, -0.1) is 0 Å². The Labute approximate surface area is 123 Å². The fourth-order valence-corrected chi connectivity index (χ4v) is 1.88. The van der Waals surface area contributed by atoms with Crippen LogP contribution in [0.1, 0.15) is 20.8 Å². The lowest BCUT2D eigenvalue weighted by molar-refractivity contribution is -0.120. The highest BCUT2D eigenvalue weighted by molar-refractivity contribution is 5.99. The number of anilines is 1. The second-order valence-electron chi connectivity index (χ2n) is 5.73. The van der Waals surface area contributed by atoms with Crippen molar-refractivity contribution in [2.45, 2.75) is 32.4 Å². The van der Waals surface area contributed by atoms with Crippen molar-refractivity contribution in [3.8, 4) is 5.75 Å². The molecule has 1 aromatic heterocycles. The number of nitrogens with zero attached hydrogens (tertiary/aromatic N) is 2. The fourth-order valence-electron chi connectivity index (χ4n) is 1.88. The van der Waals surface area contributed by atoms with Gasteiger partial charge < -0.3 is 14.8 Å². The van der Waals surface area contributed by atoms with Gasteiger partial charge in [-0.25, -0.2) is 9.78 Å². The van der Waals surface area contributed by atoms with Gasteiger partial charge in [0.25, 0.3) is 5.91 Å². The van der Waals surface area contributed by atoms with Crippen molar-refractivity contribution in [1.82, 2.24) is 10.3 Å². The lowest BCUT2D eigenvalue weighted by Crippen LogP contribution is -2.50. The van der Waals surface area contributed by atoms with E-state index >= 15 is 0 Å². The Morgan fingerprint density at radius 1 is 1.52 bits per heavy atom. The summed E-state index contributed by atoms with van der Waals surface area (Å²) in [5, 5.41) is 2.53. The normalized spacial score (nSPS) is 18.4. The monoisotopic (exact) mass is 293 g/mol. The number of carbonyl (C=O) groups excluding carboxylic acids is 2. The number of ether oxygens (including phenoxy) is 2. The maximum atomic E-state index is 12.3. The summed E-state index contributed by atoms with van der Waals surface area (Å²) in [5.74, 6) is 0.621. The van der Waals surface area contributed by atoms with Gasteiger partial charge in [0.2, 0.25) is 0 Å². The minimum absolute atomic E-state index is 0.0289. The number of rotatable bonds is 1. The molecule has 1 atom stereocenters. The number of pyridine rings is 1. The second kappa shape index (κ2) is 5.59. The first-order valence-electron chi connectivity index (χ1n) is 6.63. The van der Waals surface area contributed by atoms with Gasteiger partial charge in [-0.1, -0.05) is 0 Å². The molecule has 0 saturated carbocycles. The van der Waals surface area contributed by atoms with Gasteiger partial charge >= 0.3 is 6.09 Å². The molecule has 0 bridgehead atoms. The molecule has 0 unspecified atom stereocenters. The molecule has 7 nitrogen and oxygen atoms in total. The summed E-state index contributed by atoms with van der Waals surface area (Å²) < 4.78 is 10.7. The van der Waals surface area contributed by atoms with Gasteiger partial charge in [0.1, 0.15) is 18.2 Å². The average Bonchev–Trinajstić information content (AvgIpc) is 2.50. The summed E-state index contributed by atoms with van der Waals surface area (Å²) in [6.07, 6.45) is 0.921. The van der Waals surface area contributed by atoms with E-state index in [1.807, 2.05) is 0 Å². The number of nitrogens with one attached hydrogen (secondary N) is 1. The van der Waals surface area contributed by atoms with Crippen LogP contribution in [-0.4, -0.2) is 42.3 Å². The standard InChI is InChI=1S/C14H19N3O4/c1-14(2,3)21-13(19)16-9-8-20-10-6-5-7-15-11(10)17(4)12(9)18/h5-7,9H,8H2,1-4H3,(H,16,19)/t9-/m0/s1. The minimum atomic E-state index is -0.820. The Balaban J connectivity index is 2.11. The number of hydrogen-bond acceptors (Lipinski definition) is 5. The Hall–Kier alpha value is -2.31. The molecule has 0 saturated heterocycles. The van der Waals surface area contributed by atoms with Gasteiger partial charge in [0.05, 0.1) is 0 Å². The lowest BCUT2D eigenvalue weighted by Gasteiger charge is -2.23. The van der Waals surface area contributed by atoms with Crippen molar-refractivity contribution >= 4 is 17.8 Å². The Kier molecular flexibility index (Phi) is 4.02. The summed E-state index contributed by atoms with van der Waals surface area (Å²) in [6.45, 7) is 5.29. The quantitative estimate of drug-likeness (QED) is 0.845. The maximum Gasteiger partial charge on any atom is 0.408 e. The number of alkyl carbamates (subject to hydrolysis) is 1. The zero-order chi connectivity index (χ0) is 15.6. The van der Waals surface area contributed by atoms with Gasteiger partial charge in [-0.05, 0) is 32.9 Å². The highest BCUT2D eigenvalue weighted by Gasteiger charge is 2.32. The first-order chi connectivity index (χ1) is 9.78. The summed E-state index contributed by atoms with van der Waals surface area (Å²) in [5.41, 5.74) is -0.630. The van der Waals surface area contributed by atoms with Crippen LogP contribution in [0, 0.1) is 0 Å². The van der Waals surface area contributed by atoms with E-state index in [1.54, 1.807) is 46.1 Å². The maximum absolute atomic E-state index is 12.3. The van der Waals surface area contributed by atoms with Crippen LogP contribution in [-0.2, 0) is 9.53 Å². The number of fused-ring (bicyclic) bond motifs is 1. The van der Waals surface area contributed by atoms with Crippen molar-refractivity contribution in [3.05, 3.63) is 18.3 Å². The van der Waals surface area contributed by atoms with E-state index in [-0.39, 0.29) is 12.5 Å². The molecule has 0 aromatic carbocycles. The zero-order valence-corrected chi connectivity index (χ0v) is 12.5. The summed E-state index contributed by atoms with van der Waals surface area (Å²) in [6, 6.07) is 2.62. The van der Waals surface area contributed by atoms with Gasteiger partial charge in [0.15, 0.2) is 11.6 Å². The summed E-state index contributed by atoms with van der Waals surface area (Å²) >= 11 is 0. The van der Waals surface area contributed by atoms with E-state index in [9.17, 15) is 9.59 Å². The second-order valence-corrected chi connectivity index (χ2v) is 5.73. The number of likely N-dealkylation sites (N-methyl/N-ethyl adjacent to an activating group) is 1. The van der Waals surface area contributed by atoms with Crippen LogP contribution >= 0.6 is 0 Å². The summed E-state index contributed by atoms with van der Waals surface area (Å²) in [7, 11) is 1.59. The Bertz CT molecular complexity index is 553. The predicted molar refractivity (Wildman–Crippen MR) is 76.3 cm³/mol. The molecule has 0 fully saturated rings. The summed E-state index contributed by atoms with van der Waals surface area (Å²) in [4.78, 5) is 29.6. The smallest absolute Gasteiger partial charge is 0.408 e. The number of aromatic nitrogens is 1. The van der Waals surface area contributed by atoms with Crippen LogP contribution in [0.25, 0.3) is 0 Å². The van der Waals surface area contributed by atoms with Crippen LogP contribution in [0.15, 0.2) is 18.3 Å². The Morgan fingerprint density at radius 2 is 2.24 bits per heavy atom. The molecule has 1 aliphatic rings. The van der Waals surface area contributed by atoms with Crippen LogP contribution < -0.4 is 15.0 Å². The third-order valence-electron chi connectivity index (χ3n) is 2.79. The molecule has 0 radical (unpaired) electrons. The van der Waals surface area contributed by atoms with Crippen molar-refractivity contribution in [1.29, 1.82) is 0 Å². The van der Waals surface area contributed by atoms with Crippen LogP contribution in [0.4, 0.5) is 10.6 Å². The molecule has 1 aliphatic heterocycles. The molecular weight excluding hydrogens is 274 g/mol. The van der Waals surface area contributed by atoms with Crippen LogP contribution in [0.3, 0.4) is 0 Å². The highest BCUT2D eigenvalue weighted by atomic mass is 16.6. The van der Waals surface area contributed by atoms with E-state index in [2.05, 4.69) is 10.3 Å². The van der Waals surface area contributed by atoms with E-state index in [4.69, 9.17) is 9.47 Å². The average molecular weight is 293 g/mol. The molecule has 1 aromatic rings. The third-order valence-corrected chi connectivity index (χ3v) is 2.79. The van der Waals surface area contributed by atoms with Crippen LogP contribution in [0.2, 0.25) is 0 Å². The number of amides is 2. The van der Waals surface area contributed by atoms with Crippen molar-refractivity contribution in [2.24, 2.45) is 0 Å². The number of carbonyl (C=O) groups is 2. The van der Waals surface area contributed by atoms with E-state index < -0.39 is 17.7 Å². The van der Waals surface area contributed by atoms with Gasteiger partial charge in [0, 0.05) is 13.2 Å². The zero-order valence-electron chi connectivity index (χ0n) is 12.5. The molecule has 21 heavy (non-hydrogen) atoms. The molecule has 0 aliphatic carbocycles.